The van der Waals surface area contributed by atoms with Crippen LogP contribution in [-0.2, 0) is 13.6 Å². The monoisotopic (exact) mass is 404 g/mol. The lowest BCUT2D eigenvalue weighted by molar-refractivity contribution is 0.447. The number of aromatic nitrogens is 1. The molecule has 0 amide bonds. The minimum Gasteiger partial charge on any atom is -0.356 e. The Hall–Kier alpha value is -0.720. The number of hydrogen-bond acceptors (Lipinski definition) is 1. The molecule has 1 saturated carbocycles. The second-order valence-corrected chi connectivity index (χ2v) is 5.88. The van der Waals surface area contributed by atoms with Gasteiger partial charge in [0.05, 0.1) is 6.54 Å². The highest BCUT2D eigenvalue weighted by Gasteiger charge is 2.15. The first-order valence-corrected chi connectivity index (χ1v) is 7.72. The molecule has 1 aromatic heterocycles. The highest BCUT2D eigenvalue weighted by molar-refractivity contribution is 14.0. The summed E-state index contributed by atoms with van der Waals surface area (Å²) in [6.07, 6.45) is 9.04. The highest BCUT2D eigenvalue weighted by atomic mass is 127. The first kappa shape index (κ1) is 18.3. The van der Waals surface area contributed by atoms with Crippen LogP contribution < -0.4 is 5.32 Å². The van der Waals surface area contributed by atoms with Crippen molar-refractivity contribution in [3.63, 3.8) is 0 Å². The number of guanidine groups is 1. The normalized spacial score (nSPS) is 15.9. The van der Waals surface area contributed by atoms with Gasteiger partial charge in [-0.05, 0) is 24.5 Å². The van der Waals surface area contributed by atoms with Crippen LogP contribution in [-0.4, -0.2) is 36.1 Å². The molecule has 0 aliphatic heterocycles. The van der Waals surface area contributed by atoms with Gasteiger partial charge in [0.2, 0.25) is 0 Å². The SMILES string of the molecule is CN=C(NCCC1CCCC1)N(C)Cc1cccn1C.I. The number of halogens is 1. The van der Waals surface area contributed by atoms with Crippen molar-refractivity contribution in [3.05, 3.63) is 24.0 Å². The van der Waals surface area contributed by atoms with E-state index in [-0.39, 0.29) is 24.0 Å². The van der Waals surface area contributed by atoms with E-state index in [1.54, 1.807) is 0 Å². The van der Waals surface area contributed by atoms with Gasteiger partial charge in [0.1, 0.15) is 0 Å². The van der Waals surface area contributed by atoms with Crippen molar-refractivity contribution >= 4 is 29.9 Å². The summed E-state index contributed by atoms with van der Waals surface area (Å²) in [6, 6.07) is 4.24. The molecule has 0 bridgehead atoms. The van der Waals surface area contributed by atoms with E-state index in [1.807, 2.05) is 7.05 Å². The van der Waals surface area contributed by atoms with Crippen LogP contribution in [0.3, 0.4) is 0 Å². The third-order valence-electron chi connectivity index (χ3n) is 4.33. The lowest BCUT2D eigenvalue weighted by Crippen LogP contribution is -2.39. The van der Waals surface area contributed by atoms with Crippen LogP contribution in [0.5, 0.6) is 0 Å². The van der Waals surface area contributed by atoms with E-state index >= 15 is 0 Å². The van der Waals surface area contributed by atoms with Gasteiger partial charge in [0, 0.05) is 39.6 Å². The molecule has 1 aromatic rings. The maximum atomic E-state index is 4.38. The fourth-order valence-electron chi connectivity index (χ4n) is 3.05. The summed E-state index contributed by atoms with van der Waals surface area (Å²) in [5.41, 5.74) is 1.30. The Bertz CT molecular complexity index is 435. The molecule has 0 aromatic carbocycles. The Kier molecular flexibility index (Phi) is 8.14. The van der Waals surface area contributed by atoms with Gasteiger partial charge in [-0.15, -0.1) is 24.0 Å². The van der Waals surface area contributed by atoms with Crippen molar-refractivity contribution in [1.29, 1.82) is 0 Å². The largest absolute Gasteiger partial charge is 0.356 e. The fraction of sp³-hybridized carbons (Fsp3) is 0.688. The van der Waals surface area contributed by atoms with Crippen LogP contribution in [0.4, 0.5) is 0 Å². The molecular formula is C16H29IN4. The maximum Gasteiger partial charge on any atom is 0.193 e. The second-order valence-electron chi connectivity index (χ2n) is 5.88. The number of hydrogen-bond donors (Lipinski definition) is 1. The first-order chi connectivity index (χ1) is 9.70. The van der Waals surface area contributed by atoms with Gasteiger partial charge in [-0.2, -0.15) is 0 Å². The van der Waals surface area contributed by atoms with E-state index in [4.69, 9.17) is 0 Å². The molecule has 1 N–H and O–H groups in total. The molecule has 21 heavy (non-hydrogen) atoms. The van der Waals surface area contributed by atoms with E-state index in [0.717, 1.165) is 25.0 Å². The van der Waals surface area contributed by atoms with E-state index < -0.39 is 0 Å². The molecular weight excluding hydrogens is 375 g/mol. The Labute approximate surface area is 146 Å². The summed E-state index contributed by atoms with van der Waals surface area (Å²) in [5, 5.41) is 3.49. The zero-order chi connectivity index (χ0) is 14.4. The average molecular weight is 404 g/mol. The standard InChI is InChI=1S/C16H28N4.HI/c1-17-16(18-11-10-14-7-4-5-8-14)20(3)13-15-9-6-12-19(15)2;/h6,9,12,14H,4-5,7-8,10-11,13H2,1-3H3,(H,17,18);1H. The van der Waals surface area contributed by atoms with Crippen molar-refractivity contribution in [2.45, 2.75) is 38.6 Å². The van der Waals surface area contributed by atoms with Gasteiger partial charge < -0.3 is 14.8 Å². The zero-order valence-corrected chi connectivity index (χ0v) is 15.8. The minimum absolute atomic E-state index is 0. The molecule has 0 unspecified atom stereocenters. The van der Waals surface area contributed by atoms with Crippen molar-refractivity contribution in [2.75, 3.05) is 20.6 Å². The lowest BCUT2D eigenvalue weighted by Gasteiger charge is -2.23. The number of aryl methyl sites for hydroxylation is 1. The molecule has 120 valence electrons. The first-order valence-electron chi connectivity index (χ1n) is 7.72. The smallest absolute Gasteiger partial charge is 0.193 e. The topological polar surface area (TPSA) is 32.6 Å². The van der Waals surface area contributed by atoms with E-state index in [9.17, 15) is 0 Å². The molecule has 1 aliphatic carbocycles. The summed E-state index contributed by atoms with van der Waals surface area (Å²) >= 11 is 0. The number of aliphatic imine (C=N–C) groups is 1. The molecule has 1 fully saturated rings. The molecule has 4 nitrogen and oxygen atoms in total. The van der Waals surface area contributed by atoms with E-state index in [2.05, 4.69) is 52.2 Å². The van der Waals surface area contributed by atoms with Gasteiger partial charge in [-0.3, -0.25) is 4.99 Å². The summed E-state index contributed by atoms with van der Waals surface area (Å²) < 4.78 is 2.16. The molecule has 0 saturated heterocycles. The molecule has 2 rings (SSSR count). The molecule has 0 spiro atoms. The molecule has 1 heterocycles. The molecule has 0 atom stereocenters. The average Bonchev–Trinajstić information content (AvgIpc) is 3.07. The van der Waals surface area contributed by atoms with Crippen molar-refractivity contribution in [2.24, 2.45) is 18.0 Å². The summed E-state index contributed by atoms with van der Waals surface area (Å²) in [5.74, 6) is 1.92. The Morgan fingerprint density at radius 2 is 2.14 bits per heavy atom. The van der Waals surface area contributed by atoms with Crippen LogP contribution >= 0.6 is 24.0 Å². The number of rotatable bonds is 5. The van der Waals surface area contributed by atoms with Crippen LogP contribution in [0.15, 0.2) is 23.3 Å². The Balaban J connectivity index is 0.00000220. The summed E-state index contributed by atoms with van der Waals surface area (Å²) in [7, 11) is 6.04. The van der Waals surface area contributed by atoms with Gasteiger partial charge in [-0.1, -0.05) is 25.7 Å². The van der Waals surface area contributed by atoms with Crippen LogP contribution in [0.1, 0.15) is 37.8 Å². The van der Waals surface area contributed by atoms with Crippen LogP contribution in [0.2, 0.25) is 0 Å². The Morgan fingerprint density at radius 1 is 1.43 bits per heavy atom. The highest BCUT2D eigenvalue weighted by Crippen LogP contribution is 2.26. The van der Waals surface area contributed by atoms with Crippen LogP contribution in [0.25, 0.3) is 0 Å². The summed E-state index contributed by atoms with van der Waals surface area (Å²) in [4.78, 5) is 6.57. The number of nitrogens with one attached hydrogen (secondary N) is 1. The minimum atomic E-state index is 0. The number of nitrogens with zero attached hydrogens (tertiary/aromatic N) is 3. The fourth-order valence-corrected chi connectivity index (χ4v) is 3.05. The van der Waals surface area contributed by atoms with Gasteiger partial charge >= 0.3 is 0 Å². The zero-order valence-electron chi connectivity index (χ0n) is 13.5. The lowest BCUT2D eigenvalue weighted by atomic mass is 10.0. The molecule has 0 radical (unpaired) electrons. The second kappa shape index (κ2) is 9.33. The van der Waals surface area contributed by atoms with E-state index in [0.29, 0.717) is 0 Å². The maximum absolute atomic E-state index is 4.38. The third kappa shape index (κ3) is 5.52. The van der Waals surface area contributed by atoms with Crippen molar-refractivity contribution in [1.82, 2.24) is 14.8 Å². The van der Waals surface area contributed by atoms with Gasteiger partial charge in [-0.25, -0.2) is 0 Å². The third-order valence-corrected chi connectivity index (χ3v) is 4.33. The van der Waals surface area contributed by atoms with Gasteiger partial charge in [0.15, 0.2) is 5.96 Å². The molecule has 1 aliphatic rings. The van der Waals surface area contributed by atoms with Crippen molar-refractivity contribution in [3.8, 4) is 0 Å². The van der Waals surface area contributed by atoms with E-state index in [1.165, 1.54) is 37.8 Å². The molecule has 5 heteroatoms. The summed E-state index contributed by atoms with van der Waals surface area (Å²) in [6.45, 7) is 1.92. The van der Waals surface area contributed by atoms with Crippen LogP contribution in [0, 0.1) is 5.92 Å². The van der Waals surface area contributed by atoms with Gasteiger partial charge in [0.25, 0.3) is 0 Å². The predicted molar refractivity (Wildman–Crippen MR) is 100 cm³/mol. The predicted octanol–water partition coefficient (Wildman–Crippen LogP) is 3.23. The Morgan fingerprint density at radius 3 is 2.71 bits per heavy atom. The quantitative estimate of drug-likeness (QED) is 0.464. The van der Waals surface area contributed by atoms with Crippen molar-refractivity contribution < 1.29 is 0 Å².